The minimum atomic E-state index is -0.587. The SMILES string of the molecule is COc1ccc2c(c1OC)[C@@H]([C@H]1c3c(cc4c(c3OC)OCO4)CCN1C)OC2=O. The van der Waals surface area contributed by atoms with E-state index in [4.69, 9.17) is 28.4 Å². The van der Waals surface area contributed by atoms with Crippen molar-refractivity contribution in [3.05, 3.63) is 40.5 Å². The first-order valence-electron chi connectivity index (χ1n) is 9.74. The fourth-order valence-electron chi connectivity index (χ4n) is 4.72. The molecule has 2 aromatic carbocycles. The number of carbonyl (C=O) groups excluding carboxylic acids is 1. The lowest BCUT2D eigenvalue weighted by Crippen LogP contribution is -2.36. The first kappa shape index (κ1) is 18.9. The number of cyclic esters (lactones) is 1. The van der Waals surface area contributed by atoms with E-state index in [0.717, 1.165) is 24.1 Å². The van der Waals surface area contributed by atoms with Gasteiger partial charge in [-0.25, -0.2) is 4.79 Å². The smallest absolute Gasteiger partial charge is 0.339 e. The lowest BCUT2D eigenvalue weighted by Gasteiger charge is -2.38. The van der Waals surface area contributed by atoms with Crippen LogP contribution < -0.4 is 23.7 Å². The lowest BCUT2D eigenvalue weighted by molar-refractivity contribution is 0.00825. The molecule has 158 valence electrons. The van der Waals surface area contributed by atoms with Crippen molar-refractivity contribution in [2.75, 3.05) is 41.7 Å². The van der Waals surface area contributed by atoms with Crippen LogP contribution in [0.3, 0.4) is 0 Å². The lowest BCUT2D eigenvalue weighted by atomic mass is 9.85. The minimum absolute atomic E-state index is 0.154. The number of esters is 1. The van der Waals surface area contributed by atoms with E-state index in [1.54, 1.807) is 33.5 Å². The van der Waals surface area contributed by atoms with Gasteiger partial charge in [-0.1, -0.05) is 0 Å². The van der Waals surface area contributed by atoms with Gasteiger partial charge in [0.1, 0.15) is 0 Å². The third kappa shape index (κ3) is 2.53. The number of methoxy groups -OCH3 is 3. The Bertz CT molecular complexity index is 1030. The molecule has 3 heterocycles. The zero-order valence-electron chi connectivity index (χ0n) is 17.3. The van der Waals surface area contributed by atoms with E-state index in [2.05, 4.69) is 4.90 Å². The van der Waals surface area contributed by atoms with Gasteiger partial charge in [0, 0.05) is 12.1 Å². The van der Waals surface area contributed by atoms with Gasteiger partial charge in [0.25, 0.3) is 0 Å². The van der Waals surface area contributed by atoms with E-state index in [9.17, 15) is 4.79 Å². The molecule has 0 fully saturated rings. The molecule has 0 saturated carbocycles. The number of fused-ring (bicyclic) bond motifs is 3. The summed E-state index contributed by atoms with van der Waals surface area (Å²) in [6.07, 6.45) is 0.230. The highest BCUT2D eigenvalue weighted by Gasteiger charge is 2.46. The molecular weight excluding hydrogens is 390 g/mol. The quantitative estimate of drug-likeness (QED) is 0.709. The van der Waals surface area contributed by atoms with Crippen LogP contribution in [-0.4, -0.2) is 52.6 Å². The van der Waals surface area contributed by atoms with Gasteiger partial charge in [-0.3, -0.25) is 4.90 Å². The van der Waals surface area contributed by atoms with Crippen LogP contribution in [0.2, 0.25) is 0 Å². The largest absolute Gasteiger partial charge is 0.493 e. The fourth-order valence-corrected chi connectivity index (χ4v) is 4.72. The summed E-state index contributed by atoms with van der Waals surface area (Å²) >= 11 is 0. The van der Waals surface area contributed by atoms with Gasteiger partial charge in [0.15, 0.2) is 29.1 Å². The molecule has 2 aromatic rings. The zero-order valence-corrected chi connectivity index (χ0v) is 17.3. The van der Waals surface area contributed by atoms with Crippen LogP contribution in [-0.2, 0) is 11.2 Å². The third-order valence-electron chi connectivity index (χ3n) is 6.06. The van der Waals surface area contributed by atoms with E-state index in [0.29, 0.717) is 39.9 Å². The molecule has 0 saturated heterocycles. The van der Waals surface area contributed by atoms with Gasteiger partial charge < -0.3 is 28.4 Å². The summed E-state index contributed by atoms with van der Waals surface area (Å²) < 4.78 is 34.1. The second-order valence-electron chi connectivity index (χ2n) is 7.48. The molecule has 8 nitrogen and oxygen atoms in total. The number of nitrogens with zero attached hydrogens (tertiary/aromatic N) is 1. The summed E-state index contributed by atoms with van der Waals surface area (Å²) in [6, 6.07) is 5.16. The number of ether oxygens (including phenoxy) is 6. The van der Waals surface area contributed by atoms with Crippen molar-refractivity contribution in [1.82, 2.24) is 4.90 Å². The van der Waals surface area contributed by atoms with E-state index < -0.39 is 6.10 Å². The minimum Gasteiger partial charge on any atom is -0.493 e. The molecule has 0 spiro atoms. The van der Waals surface area contributed by atoms with Gasteiger partial charge >= 0.3 is 5.97 Å². The molecule has 0 aliphatic carbocycles. The molecule has 0 bridgehead atoms. The Kier molecular flexibility index (Phi) is 4.39. The first-order valence-corrected chi connectivity index (χ1v) is 9.74. The maximum absolute atomic E-state index is 12.7. The molecular formula is C22H23NO7. The molecule has 0 radical (unpaired) electrons. The molecule has 8 heteroatoms. The average molecular weight is 413 g/mol. The zero-order chi connectivity index (χ0) is 21.0. The van der Waals surface area contributed by atoms with Crippen molar-refractivity contribution in [3.8, 4) is 28.7 Å². The summed E-state index contributed by atoms with van der Waals surface area (Å²) in [7, 11) is 6.76. The number of likely N-dealkylation sites (N-methyl/N-ethyl adjacent to an activating group) is 1. The van der Waals surface area contributed by atoms with Crippen molar-refractivity contribution in [2.24, 2.45) is 0 Å². The van der Waals surface area contributed by atoms with Crippen LogP contribution in [0.5, 0.6) is 28.7 Å². The maximum atomic E-state index is 12.7. The van der Waals surface area contributed by atoms with Crippen LogP contribution >= 0.6 is 0 Å². The highest BCUT2D eigenvalue weighted by atomic mass is 16.7. The Morgan fingerprint density at radius 1 is 1.03 bits per heavy atom. The third-order valence-corrected chi connectivity index (χ3v) is 6.06. The maximum Gasteiger partial charge on any atom is 0.339 e. The second-order valence-corrected chi connectivity index (χ2v) is 7.48. The second kappa shape index (κ2) is 6.98. The standard InChI is InChI=1S/C22H23NO7/c1-23-8-7-11-9-14-19(29-10-28-14)21(27-4)15(11)17(23)20-16-12(22(24)30-20)5-6-13(25-2)18(16)26-3/h5-6,9,17,20H,7-8,10H2,1-4H3/t17-,20+/m1/s1. The van der Waals surface area contributed by atoms with Crippen molar-refractivity contribution in [2.45, 2.75) is 18.6 Å². The number of rotatable bonds is 4. The van der Waals surface area contributed by atoms with Crippen molar-refractivity contribution >= 4 is 5.97 Å². The topological polar surface area (TPSA) is 75.7 Å². The molecule has 5 rings (SSSR count). The highest BCUT2D eigenvalue weighted by molar-refractivity contribution is 5.95. The Morgan fingerprint density at radius 2 is 1.83 bits per heavy atom. The summed E-state index contributed by atoms with van der Waals surface area (Å²) in [5.41, 5.74) is 3.20. The molecule has 3 aliphatic rings. The van der Waals surface area contributed by atoms with Crippen LogP contribution in [0, 0.1) is 0 Å². The monoisotopic (exact) mass is 413 g/mol. The number of benzene rings is 2. The Labute approximate surface area is 174 Å². The summed E-state index contributed by atoms with van der Waals surface area (Å²) in [5, 5.41) is 0. The molecule has 30 heavy (non-hydrogen) atoms. The van der Waals surface area contributed by atoms with Gasteiger partial charge in [-0.15, -0.1) is 0 Å². The van der Waals surface area contributed by atoms with Crippen LogP contribution in [0.4, 0.5) is 0 Å². The number of hydrogen-bond donors (Lipinski definition) is 0. The molecule has 0 aromatic heterocycles. The van der Waals surface area contributed by atoms with E-state index in [1.807, 2.05) is 13.1 Å². The van der Waals surface area contributed by atoms with Gasteiger partial charge in [0.2, 0.25) is 12.5 Å². The van der Waals surface area contributed by atoms with Crippen molar-refractivity contribution < 1.29 is 33.2 Å². The average Bonchev–Trinajstić information content (AvgIpc) is 3.35. The first-order chi connectivity index (χ1) is 14.6. The summed E-state index contributed by atoms with van der Waals surface area (Å²) in [5.74, 6) is 2.55. The number of hydrogen-bond acceptors (Lipinski definition) is 8. The molecule has 2 atom stereocenters. The molecule has 0 amide bonds. The van der Waals surface area contributed by atoms with Gasteiger partial charge in [0.05, 0.1) is 38.5 Å². The predicted molar refractivity (Wildman–Crippen MR) is 106 cm³/mol. The summed E-state index contributed by atoms with van der Waals surface area (Å²) in [4.78, 5) is 14.9. The van der Waals surface area contributed by atoms with Gasteiger partial charge in [-0.05, 0) is 37.2 Å². The van der Waals surface area contributed by atoms with Crippen LogP contribution in [0.1, 0.15) is 39.2 Å². The van der Waals surface area contributed by atoms with Gasteiger partial charge in [-0.2, -0.15) is 0 Å². The van der Waals surface area contributed by atoms with Crippen molar-refractivity contribution in [3.63, 3.8) is 0 Å². The normalized spacial score (nSPS) is 21.7. The Hall–Kier alpha value is -3.13. The van der Waals surface area contributed by atoms with Crippen LogP contribution in [0.15, 0.2) is 18.2 Å². The van der Waals surface area contributed by atoms with Crippen LogP contribution in [0.25, 0.3) is 0 Å². The van der Waals surface area contributed by atoms with E-state index in [-0.39, 0.29) is 18.8 Å². The Morgan fingerprint density at radius 3 is 2.57 bits per heavy atom. The van der Waals surface area contributed by atoms with Crippen molar-refractivity contribution in [1.29, 1.82) is 0 Å². The molecule has 0 N–H and O–H groups in total. The predicted octanol–water partition coefficient (Wildman–Crippen LogP) is 2.88. The molecule has 0 unspecified atom stereocenters. The highest BCUT2D eigenvalue weighted by Crippen LogP contribution is 2.56. The van der Waals surface area contributed by atoms with E-state index in [1.165, 1.54) is 0 Å². The fraction of sp³-hybridized carbons (Fsp3) is 0.409. The molecule has 3 aliphatic heterocycles. The number of carbonyl (C=O) groups is 1. The summed E-state index contributed by atoms with van der Waals surface area (Å²) in [6.45, 7) is 0.942. The van der Waals surface area contributed by atoms with E-state index >= 15 is 0 Å². The Balaban J connectivity index is 1.72.